The lowest BCUT2D eigenvalue weighted by atomic mass is 10.1. The Balaban J connectivity index is 2.73. The monoisotopic (exact) mass is 187 g/mol. The second kappa shape index (κ2) is 11.2. The lowest BCUT2D eigenvalue weighted by molar-refractivity contribution is 0.604. The molecule has 0 aliphatic heterocycles. The molecule has 1 nitrogen and oxygen atoms in total. The van der Waals surface area contributed by atoms with Gasteiger partial charge in [-0.05, 0) is 13.0 Å². The third-order valence-corrected chi connectivity index (χ3v) is 3.34. The maximum Gasteiger partial charge on any atom is 0.0913 e. The van der Waals surface area contributed by atoms with Crippen LogP contribution in [0.25, 0.3) is 0 Å². The molecule has 0 fully saturated rings. The maximum absolute atomic E-state index is 3.56. The molecular weight excluding hydrogens is 162 g/mol. The van der Waals surface area contributed by atoms with Crippen LogP contribution in [-0.2, 0) is 0 Å². The van der Waals surface area contributed by atoms with E-state index in [2.05, 4.69) is 18.8 Å². The zero-order valence-electron chi connectivity index (χ0n) is 8.86. The molecule has 2 heteroatoms. The van der Waals surface area contributed by atoms with Crippen LogP contribution < -0.4 is 4.98 Å². The first-order valence-corrected chi connectivity index (χ1v) is 7.33. The van der Waals surface area contributed by atoms with E-state index in [1.54, 1.807) is 0 Å². The van der Waals surface area contributed by atoms with E-state index in [1.807, 2.05) is 0 Å². The van der Waals surface area contributed by atoms with Crippen molar-refractivity contribution in [3.8, 4) is 0 Å². The second-order valence-electron chi connectivity index (χ2n) is 3.52. The van der Waals surface area contributed by atoms with E-state index in [1.165, 1.54) is 51.1 Å². The Hall–Kier alpha value is 0.177. The predicted molar refractivity (Wildman–Crippen MR) is 60.4 cm³/mol. The summed E-state index contributed by atoms with van der Waals surface area (Å²) in [5.41, 5.74) is 0. The summed E-state index contributed by atoms with van der Waals surface area (Å²) in [5, 5.41) is 0. The van der Waals surface area contributed by atoms with Crippen LogP contribution in [0.3, 0.4) is 0 Å². The number of unbranched alkanes of at least 4 members (excludes halogenated alkanes) is 5. The van der Waals surface area contributed by atoms with Gasteiger partial charge in [0.2, 0.25) is 0 Å². The van der Waals surface area contributed by atoms with Gasteiger partial charge >= 0.3 is 0 Å². The minimum Gasteiger partial charge on any atom is -0.342 e. The molecule has 0 amide bonds. The fourth-order valence-corrected chi connectivity index (χ4v) is 2.19. The van der Waals surface area contributed by atoms with Crippen molar-refractivity contribution in [2.24, 2.45) is 0 Å². The lowest BCUT2D eigenvalue weighted by Gasteiger charge is -2.01. The van der Waals surface area contributed by atoms with Gasteiger partial charge in [0.1, 0.15) is 0 Å². The molecule has 0 aliphatic rings. The summed E-state index contributed by atoms with van der Waals surface area (Å²) in [6, 6.07) is 1.40. The molecule has 12 heavy (non-hydrogen) atoms. The van der Waals surface area contributed by atoms with Gasteiger partial charge in [0, 0.05) is 0 Å². The molecule has 0 atom stereocenters. The van der Waals surface area contributed by atoms with Gasteiger partial charge in [0.05, 0.1) is 9.68 Å². The zero-order chi connectivity index (χ0) is 9.07. The average molecular weight is 187 g/mol. The van der Waals surface area contributed by atoms with E-state index in [9.17, 15) is 0 Å². The van der Waals surface area contributed by atoms with Crippen LogP contribution in [0.15, 0.2) is 0 Å². The molecule has 1 N–H and O–H groups in total. The summed E-state index contributed by atoms with van der Waals surface area (Å²) in [4.78, 5) is 3.56. The van der Waals surface area contributed by atoms with Crippen LogP contribution in [0.4, 0.5) is 0 Å². The SMILES string of the molecule is CCCCCCCCN[SiH2]CC. The number of nitrogens with one attached hydrogen (secondary N) is 1. The Bertz CT molecular complexity index is 66.2. The van der Waals surface area contributed by atoms with E-state index in [-0.39, 0.29) is 9.68 Å². The molecule has 0 rings (SSSR count). The Morgan fingerprint density at radius 2 is 1.58 bits per heavy atom. The minimum atomic E-state index is 0.128. The van der Waals surface area contributed by atoms with Gasteiger partial charge in [-0.2, -0.15) is 0 Å². The molecule has 0 heterocycles. The second-order valence-corrected chi connectivity index (χ2v) is 5.52. The van der Waals surface area contributed by atoms with Crippen LogP contribution in [0.2, 0.25) is 6.04 Å². The summed E-state index contributed by atoms with van der Waals surface area (Å²) in [6.07, 6.45) is 8.52. The molecule has 0 aromatic heterocycles. The number of hydrogen-bond donors (Lipinski definition) is 1. The molecule has 0 unspecified atom stereocenters. The molecule has 0 saturated carbocycles. The van der Waals surface area contributed by atoms with Crippen LogP contribution in [-0.4, -0.2) is 16.2 Å². The van der Waals surface area contributed by atoms with E-state index >= 15 is 0 Å². The van der Waals surface area contributed by atoms with Crippen LogP contribution in [0.1, 0.15) is 52.4 Å². The van der Waals surface area contributed by atoms with Crippen molar-refractivity contribution in [2.75, 3.05) is 6.54 Å². The smallest absolute Gasteiger partial charge is 0.0913 e. The summed E-state index contributed by atoms with van der Waals surface area (Å²) in [5.74, 6) is 0. The topological polar surface area (TPSA) is 12.0 Å². The van der Waals surface area contributed by atoms with Gasteiger partial charge in [-0.1, -0.05) is 52.0 Å². The van der Waals surface area contributed by atoms with E-state index < -0.39 is 0 Å². The van der Waals surface area contributed by atoms with Crippen LogP contribution >= 0.6 is 0 Å². The van der Waals surface area contributed by atoms with Gasteiger partial charge in [0.15, 0.2) is 0 Å². The fourth-order valence-electron chi connectivity index (χ4n) is 1.33. The molecule has 0 aliphatic carbocycles. The lowest BCUT2D eigenvalue weighted by Crippen LogP contribution is -2.19. The van der Waals surface area contributed by atoms with Crippen molar-refractivity contribution in [1.29, 1.82) is 0 Å². The molecule has 0 radical (unpaired) electrons. The van der Waals surface area contributed by atoms with Gasteiger partial charge in [-0.25, -0.2) is 0 Å². The Morgan fingerprint density at radius 1 is 0.917 bits per heavy atom. The molecule has 74 valence electrons. The normalized spacial score (nSPS) is 11.5. The highest BCUT2D eigenvalue weighted by Crippen LogP contribution is 2.03. The number of hydrogen-bond acceptors (Lipinski definition) is 1. The van der Waals surface area contributed by atoms with Crippen molar-refractivity contribution in [3.63, 3.8) is 0 Å². The van der Waals surface area contributed by atoms with E-state index in [0.717, 1.165) is 0 Å². The highest BCUT2D eigenvalue weighted by molar-refractivity contribution is 6.31. The predicted octanol–water partition coefficient (Wildman–Crippen LogP) is 2.46. The first kappa shape index (κ1) is 12.2. The maximum atomic E-state index is 3.56. The third-order valence-electron chi connectivity index (χ3n) is 2.13. The van der Waals surface area contributed by atoms with Crippen molar-refractivity contribution in [2.45, 2.75) is 58.4 Å². The highest BCUT2D eigenvalue weighted by Gasteiger charge is 1.89. The average Bonchev–Trinajstić information content (AvgIpc) is 2.10. The zero-order valence-corrected chi connectivity index (χ0v) is 10.3. The summed E-state index contributed by atoms with van der Waals surface area (Å²) in [6.45, 7) is 5.83. The van der Waals surface area contributed by atoms with Crippen molar-refractivity contribution in [1.82, 2.24) is 4.98 Å². The molecule has 0 bridgehead atoms. The van der Waals surface area contributed by atoms with E-state index in [0.29, 0.717) is 0 Å². The largest absolute Gasteiger partial charge is 0.342 e. The van der Waals surface area contributed by atoms with Crippen molar-refractivity contribution >= 4 is 9.68 Å². The van der Waals surface area contributed by atoms with Gasteiger partial charge in [0.25, 0.3) is 0 Å². The van der Waals surface area contributed by atoms with Crippen LogP contribution in [0.5, 0.6) is 0 Å². The minimum absolute atomic E-state index is 0.128. The quantitative estimate of drug-likeness (QED) is 0.432. The Kier molecular flexibility index (Phi) is 11.3. The third kappa shape index (κ3) is 10.2. The molecule has 0 aromatic carbocycles. The number of rotatable bonds is 9. The molecule has 0 spiro atoms. The summed E-state index contributed by atoms with van der Waals surface area (Å²) < 4.78 is 0. The molecule has 0 saturated heterocycles. The Morgan fingerprint density at radius 3 is 2.25 bits per heavy atom. The fraction of sp³-hybridized carbons (Fsp3) is 1.00. The summed E-state index contributed by atoms with van der Waals surface area (Å²) in [7, 11) is 0.128. The van der Waals surface area contributed by atoms with E-state index in [4.69, 9.17) is 0 Å². The molecule has 0 aromatic rings. The first-order valence-electron chi connectivity index (χ1n) is 5.62. The molecular formula is C10H25NSi. The highest BCUT2D eigenvalue weighted by atomic mass is 28.2. The van der Waals surface area contributed by atoms with Gasteiger partial charge < -0.3 is 4.98 Å². The standard InChI is InChI=1S/C10H25NSi/c1-3-5-6-7-8-9-10-11-12-4-2/h11H,3-10,12H2,1-2H3. The van der Waals surface area contributed by atoms with Crippen LogP contribution in [0, 0.1) is 0 Å². The Labute approximate surface area is 80.2 Å². The van der Waals surface area contributed by atoms with Crippen molar-refractivity contribution < 1.29 is 0 Å². The van der Waals surface area contributed by atoms with Gasteiger partial charge in [-0.3, -0.25) is 0 Å². The summed E-state index contributed by atoms with van der Waals surface area (Å²) >= 11 is 0. The van der Waals surface area contributed by atoms with Gasteiger partial charge in [-0.15, -0.1) is 0 Å². The first-order chi connectivity index (χ1) is 5.91. The van der Waals surface area contributed by atoms with Crippen molar-refractivity contribution in [3.05, 3.63) is 0 Å².